The number of nitrogens with one attached hydrogen (secondary N) is 1. The van der Waals surface area contributed by atoms with Crippen LogP contribution in [0.15, 0.2) is 35.2 Å². The lowest BCUT2D eigenvalue weighted by molar-refractivity contribution is -0.121. The normalized spacial score (nSPS) is 20.0. The van der Waals surface area contributed by atoms with Crippen LogP contribution in [0.2, 0.25) is 5.02 Å². The summed E-state index contributed by atoms with van der Waals surface area (Å²) < 4.78 is 0. The predicted molar refractivity (Wildman–Crippen MR) is 90.3 cm³/mol. The Morgan fingerprint density at radius 2 is 2.36 bits per heavy atom. The molecule has 4 nitrogen and oxygen atoms in total. The van der Waals surface area contributed by atoms with Gasteiger partial charge in [0.05, 0.1) is 11.1 Å². The Morgan fingerprint density at radius 3 is 3.05 bits per heavy atom. The van der Waals surface area contributed by atoms with Gasteiger partial charge in [0.15, 0.2) is 0 Å². The van der Waals surface area contributed by atoms with E-state index in [9.17, 15) is 4.79 Å². The Kier molecular flexibility index (Phi) is 4.76. The molecule has 0 aliphatic carbocycles. The van der Waals surface area contributed by atoms with Crippen molar-refractivity contribution in [1.29, 1.82) is 0 Å². The van der Waals surface area contributed by atoms with Gasteiger partial charge >= 0.3 is 0 Å². The number of hydrogen-bond donors (Lipinski definition) is 1. The van der Waals surface area contributed by atoms with Gasteiger partial charge in [0, 0.05) is 12.2 Å². The number of rotatable bonds is 4. The van der Waals surface area contributed by atoms with Crippen LogP contribution in [0.4, 0.5) is 5.82 Å². The summed E-state index contributed by atoms with van der Waals surface area (Å²) in [6.07, 6.45) is 3.76. The zero-order valence-corrected chi connectivity index (χ0v) is 13.9. The molecular formula is C16H18ClN3OS. The maximum atomic E-state index is 12.5. The Bertz CT molecular complexity index is 629. The first-order valence-corrected chi connectivity index (χ1v) is 8.67. The summed E-state index contributed by atoms with van der Waals surface area (Å²) in [6.45, 7) is 2.90. The van der Waals surface area contributed by atoms with Crippen LogP contribution in [0.3, 0.4) is 0 Å². The lowest BCUT2D eigenvalue weighted by atomic mass is 10.1. The van der Waals surface area contributed by atoms with Crippen molar-refractivity contribution < 1.29 is 4.79 Å². The summed E-state index contributed by atoms with van der Waals surface area (Å²) >= 11 is 7.51. The average molecular weight is 336 g/mol. The van der Waals surface area contributed by atoms with E-state index in [0.717, 1.165) is 19.4 Å². The van der Waals surface area contributed by atoms with Crippen LogP contribution in [0.5, 0.6) is 0 Å². The average Bonchev–Trinajstić information content (AvgIpc) is 3.19. The van der Waals surface area contributed by atoms with Crippen molar-refractivity contribution in [3.8, 4) is 0 Å². The van der Waals surface area contributed by atoms with Crippen LogP contribution < -0.4 is 5.32 Å². The van der Waals surface area contributed by atoms with Crippen molar-refractivity contribution in [2.24, 2.45) is 0 Å². The molecule has 1 amide bonds. The lowest BCUT2D eigenvalue weighted by Crippen LogP contribution is -2.41. The third-order valence-electron chi connectivity index (χ3n) is 4.08. The van der Waals surface area contributed by atoms with E-state index in [1.165, 1.54) is 11.8 Å². The molecule has 0 aromatic carbocycles. The molecule has 0 radical (unpaired) electrons. The maximum absolute atomic E-state index is 12.5. The molecule has 116 valence electrons. The zero-order chi connectivity index (χ0) is 15.5. The number of aromatic nitrogens is 1. The van der Waals surface area contributed by atoms with Crippen LogP contribution in [-0.2, 0) is 4.79 Å². The van der Waals surface area contributed by atoms with Gasteiger partial charge in [-0.1, -0.05) is 11.6 Å². The van der Waals surface area contributed by atoms with E-state index in [0.29, 0.717) is 16.9 Å². The van der Waals surface area contributed by atoms with Gasteiger partial charge in [0.1, 0.15) is 5.82 Å². The van der Waals surface area contributed by atoms with E-state index in [1.54, 1.807) is 23.5 Å². The molecule has 2 aromatic rings. The summed E-state index contributed by atoms with van der Waals surface area (Å²) in [5.74, 6) is 0.504. The molecule has 3 heterocycles. The lowest BCUT2D eigenvalue weighted by Gasteiger charge is -2.29. The summed E-state index contributed by atoms with van der Waals surface area (Å²) in [7, 11) is 0. The number of pyridine rings is 1. The van der Waals surface area contributed by atoms with Gasteiger partial charge in [-0.05, 0) is 60.8 Å². The van der Waals surface area contributed by atoms with E-state index >= 15 is 0 Å². The number of likely N-dealkylation sites (tertiary alicyclic amines) is 1. The quantitative estimate of drug-likeness (QED) is 0.919. The van der Waals surface area contributed by atoms with Crippen molar-refractivity contribution in [2.75, 3.05) is 11.9 Å². The minimum atomic E-state index is -0.190. The second-order valence-corrected chi connectivity index (χ2v) is 6.70. The Labute approximate surface area is 139 Å². The second kappa shape index (κ2) is 6.77. The molecule has 0 saturated carbocycles. The van der Waals surface area contributed by atoms with Crippen molar-refractivity contribution in [3.05, 3.63) is 45.7 Å². The number of carbonyl (C=O) groups excluding carboxylic acids is 1. The van der Waals surface area contributed by atoms with E-state index < -0.39 is 0 Å². The molecule has 22 heavy (non-hydrogen) atoms. The predicted octanol–water partition coefficient (Wildman–Crippen LogP) is 3.96. The van der Waals surface area contributed by atoms with Gasteiger partial charge in [-0.2, -0.15) is 11.3 Å². The molecule has 0 spiro atoms. The molecule has 6 heteroatoms. The first kappa shape index (κ1) is 15.5. The van der Waals surface area contributed by atoms with E-state index in [4.69, 9.17) is 11.6 Å². The molecule has 2 atom stereocenters. The monoisotopic (exact) mass is 335 g/mol. The molecule has 3 rings (SSSR count). The number of carbonyl (C=O) groups is 1. The number of anilines is 1. The van der Waals surface area contributed by atoms with Crippen molar-refractivity contribution in [1.82, 2.24) is 9.88 Å². The van der Waals surface area contributed by atoms with Crippen LogP contribution in [-0.4, -0.2) is 28.4 Å². The third kappa shape index (κ3) is 3.32. The molecule has 0 unspecified atom stereocenters. The fourth-order valence-corrected chi connectivity index (χ4v) is 3.73. The summed E-state index contributed by atoms with van der Waals surface area (Å²) in [6, 6.07) is 5.74. The van der Waals surface area contributed by atoms with Crippen LogP contribution in [0.1, 0.15) is 31.4 Å². The van der Waals surface area contributed by atoms with Crippen molar-refractivity contribution >= 4 is 34.7 Å². The number of amides is 1. The van der Waals surface area contributed by atoms with Gasteiger partial charge in [-0.3, -0.25) is 9.69 Å². The van der Waals surface area contributed by atoms with Crippen LogP contribution in [0.25, 0.3) is 0 Å². The smallest absolute Gasteiger partial charge is 0.242 e. The number of hydrogen-bond acceptors (Lipinski definition) is 4. The molecule has 1 aliphatic rings. The fourth-order valence-electron chi connectivity index (χ4n) is 2.91. The summed E-state index contributed by atoms with van der Waals surface area (Å²) in [5, 5.41) is 7.69. The topological polar surface area (TPSA) is 45.2 Å². The highest BCUT2D eigenvalue weighted by Gasteiger charge is 2.33. The first-order valence-electron chi connectivity index (χ1n) is 7.35. The standard InChI is InChI=1S/C16H18ClN3OS/c1-11(16(21)19-15-5-4-13(17)9-18-15)20-7-2-3-14(20)12-6-8-22-10-12/h4-6,8-11,14H,2-3,7H2,1H3,(H,18,19,21)/t11-,14+/m0/s1. The van der Waals surface area contributed by atoms with Crippen molar-refractivity contribution in [3.63, 3.8) is 0 Å². The third-order valence-corrected chi connectivity index (χ3v) is 5.00. The molecule has 2 aromatic heterocycles. The number of nitrogens with zero attached hydrogens (tertiary/aromatic N) is 2. The van der Waals surface area contributed by atoms with E-state index in [2.05, 4.69) is 32.0 Å². The first-order chi connectivity index (χ1) is 10.6. The van der Waals surface area contributed by atoms with Gasteiger partial charge in [0.2, 0.25) is 5.91 Å². The molecule has 1 N–H and O–H groups in total. The van der Waals surface area contributed by atoms with Gasteiger partial charge in [-0.15, -0.1) is 0 Å². The van der Waals surface area contributed by atoms with Crippen LogP contribution in [0, 0.1) is 0 Å². The summed E-state index contributed by atoms with van der Waals surface area (Å²) in [5.41, 5.74) is 1.31. The highest BCUT2D eigenvalue weighted by atomic mass is 35.5. The van der Waals surface area contributed by atoms with Crippen molar-refractivity contribution in [2.45, 2.75) is 31.8 Å². The maximum Gasteiger partial charge on any atom is 0.242 e. The van der Waals surface area contributed by atoms with Crippen LogP contribution >= 0.6 is 22.9 Å². The van der Waals surface area contributed by atoms with Gasteiger partial charge in [-0.25, -0.2) is 4.98 Å². The highest BCUT2D eigenvalue weighted by Crippen LogP contribution is 2.34. The fraction of sp³-hybridized carbons (Fsp3) is 0.375. The Balaban J connectivity index is 1.68. The SMILES string of the molecule is C[C@@H](C(=O)Nc1ccc(Cl)cn1)N1CCC[C@@H]1c1ccsc1. The molecule has 1 fully saturated rings. The number of thiophene rings is 1. The van der Waals surface area contributed by atoms with E-state index in [-0.39, 0.29) is 11.9 Å². The summed E-state index contributed by atoms with van der Waals surface area (Å²) in [4.78, 5) is 18.9. The zero-order valence-electron chi connectivity index (χ0n) is 12.3. The highest BCUT2D eigenvalue weighted by molar-refractivity contribution is 7.07. The Hall–Kier alpha value is -1.43. The molecule has 0 bridgehead atoms. The Morgan fingerprint density at radius 1 is 1.50 bits per heavy atom. The second-order valence-electron chi connectivity index (χ2n) is 5.48. The molecule has 1 saturated heterocycles. The molecular weight excluding hydrogens is 318 g/mol. The van der Waals surface area contributed by atoms with E-state index in [1.807, 2.05) is 6.92 Å². The minimum absolute atomic E-state index is 0.0306. The largest absolute Gasteiger partial charge is 0.309 e. The number of halogens is 1. The minimum Gasteiger partial charge on any atom is -0.309 e. The van der Waals surface area contributed by atoms with Gasteiger partial charge < -0.3 is 5.32 Å². The molecule has 1 aliphatic heterocycles. The van der Waals surface area contributed by atoms with Gasteiger partial charge in [0.25, 0.3) is 0 Å².